The van der Waals surface area contributed by atoms with E-state index in [2.05, 4.69) is 41.5 Å². The molecule has 1 atom stereocenters. The molecule has 0 bridgehead atoms. The van der Waals surface area contributed by atoms with Gasteiger partial charge in [-0.25, -0.2) is 0 Å². The summed E-state index contributed by atoms with van der Waals surface area (Å²) in [5.41, 5.74) is 0. The average Bonchev–Trinajstić information content (AvgIpc) is 3.19. The molecule has 0 saturated carbocycles. The van der Waals surface area contributed by atoms with Gasteiger partial charge in [-0.3, -0.25) is 14.4 Å². The summed E-state index contributed by atoms with van der Waals surface area (Å²) in [7, 11) is 0. The van der Waals surface area contributed by atoms with Crippen LogP contribution in [0.15, 0.2) is 0 Å². The molecule has 0 aliphatic heterocycles. The van der Waals surface area contributed by atoms with Crippen molar-refractivity contribution >= 4 is 17.9 Å². The molecule has 0 N–H and O–H groups in total. The minimum atomic E-state index is -0.763. The second kappa shape index (κ2) is 44.5. The fraction of sp³-hybridized carbons (Fsp3) is 0.943. The lowest BCUT2D eigenvalue weighted by Gasteiger charge is -2.18. The largest absolute Gasteiger partial charge is 0.462 e. The maximum absolute atomic E-state index is 12.8. The number of hydrogen-bond acceptors (Lipinski definition) is 6. The van der Waals surface area contributed by atoms with Crippen LogP contribution in [-0.2, 0) is 28.6 Å². The molecule has 0 unspecified atom stereocenters. The van der Waals surface area contributed by atoms with Gasteiger partial charge in [0, 0.05) is 19.3 Å². The quantitative estimate of drug-likeness (QED) is 0.0345. The molecule has 6 heteroatoms. The standard InChI is InChI=1S/C53H102O6/c1-47(2)39-33-27-21-16-12-10-8-7-9-11-13-18-24-30-36-42-51(54)57-45-50(46-58-52(55)43-37-31-26-20-23-29-35-41-49(5)6)59-53(56)44-38-32-25-19-15-14-17-22-28-34-40-48(3)4/h47-50H,7-46H2,1-6H3/t50-/m1/s1. The predicted molar refractivity (Wildman–Crippen MR) is 252 cm³/mol. The Kier molecular flexibility index (Phi) is 43.3. The van der Waals surface area contributed by atoms with Gasteiger partial charge in [-0.2, -0.15) is 0 Å². The number of esters is 3. The minimum absolute atomic E-state index is 0.0650. The second-order valence-electron chi connectivity index (χ2n) is 19.6. The van der Waals surface area contributed by atoms with Crippen molar-refractivity contribution in [2.75, 3.05) is 13.2 Å². The van der Waals surface area contributed by atoms with E-state index in [1.807, 2.05) is 0 Å². The van der Waals surface area contributed by atoms with Crippen LogP contribution in [0.1, 0.15) is 286 Å². The van der Waals surface area contributed by atoms with Crippen LogP contribution in [-0.4, -0.2) is 37.2 Å². The van der Waals surface area contributed by atoms with E-state index in [1.54, 1.807) is 0 Å². The SMILES string of the molecule is CC(C)CCCCCCCCCCCCCCCCCC(=O)OC[C@H](COC(=O)CCCCCCCCCC(C)C)OC(=O)CCCCCCCCCCCCC(C)C. The summed E-state index contributed by atoms with van der Waals surface area (Å²) < 4.78 is 16.8. The summed E-state index contributed by atoms with van der Waals surface area (Å²) in [5, 5.41) is 0. The van der Waals surface area contributed by atoms with Crippen LogP contribution in [0.3, 0.4) is 0 Å². The summed E-state index contributed by atoms with van der Waals surface area (Å²) in [6.45, 7) is 13.7. The summed E-state index contributed by atoms with van der Waals surface area (Å²) >= 11 is 0. The molecule has 0 aliphatic rings. The number of hydrogen-bond donors (Lipinski definition) is 0. The van der Waals surface area contributed by atoms with E-state index in [9.17, 15) is 14.4 Å². The van der Waals surface area contributed by atoms with Crippen molar-refractivity contribution in [2.24, 2.45) is 17.8 Å². The molecule has 0 rings (SSSR count). The third-order valence-electron chi connectivity index (χ3n) is 11.9. The van der Waals surface area contributed by atoms with E-state index in [1.165, 1.54) is 167 Å². The van der Waals surface area contributed by atoms with Crippen LogP contribution in [0.5, 0.6) is 0 Å². The van der Waals surface area contributed by atoms with E-state index in [4.69, 9.17) is 14.2 Å². The fourth-order valence-electron chi connectivity index (χ4n) is 7.94. The molecule has 0 radical (unpaired) electrons. The van der Waals surface area contributed by atoms with Gasteiger partial charge in [0.2, 0.25) is 0 Å². The van der Waals surface area contributed by atoms with Gasteiger partial charge >= 0.3 is 17.9 Å². The maximum Gasteiger partial charge on any atom is 0.306 e. The van der Waals surface area contributed by atoms with Crippen LogP contribution < -0.4 is 0 Å². The van der Waals surface area contributed by atoms with Gasteiger partial charge in [0.1, 0.15) is 13.2 Å². The summed E-state index contributed by atoms with van der Waals surface area (Å²) in [6, 6.07) is 0. The number of ether oxygens (including phenoxy) is 3. The first-order valence-electron chi connectivity index (χ1n) is 26.1. The molecule has 0 aliphatic carbocycles. The highest BCUT2D eigenvalue weighted by Crippen LogP contribution is 2.18. The Hall–Kier alpha value is -1.59. The van der Waals surface area contributed by atoms with E-state index < -0.39 is 6.10 Å². The molecule has 0 spiro atoms. The van der Waals surface area contributed by atoms with Crippen LogP contribution in [0.25, 0.3) is 0 Å². The highest BCUT2D eigenvalue weighted by atomic mass is 16.6. The molecular weight excluding hydrogens is 733 g/mol. The van der Waals surface area contributed by atoms with Gasteiger partial charge in [-0.1, -0.05) is 247 Å². The lowest BCUT2D eigenvalue weighted by molar-refractivity contribution is -0.167. The smallest absolute Gasteiger partial charge is 0.306 e. The van der Waals surface area contributed by atoms with Gasteiger partial charge in [0.05, 0.1) is 0 Å². The van der Waals surface area contributed by atoms with Crippen molar-refractivity contribution in [1.29, 1.82) is 0 Å². The zero-order valence-electron chi connectivity index (χ0n) is 40.5. The first-order chi connectivity index (χ1) is 28.6. The maximum atomic E-state index is 12.8. The van der Waals surface area contributed by atoms with Crippen LogP contribution in [0.4, 0.5) is 0 Å². The first-order valence-corrected chi connectivity index (χ1v) is 26.1. The fourth-order valence-corrected chi connectivity index (χ4v) is 7.94. The number of rotatable bonds is 46. The lowest BCUT2D eigenvalue weighted by Crippen LogP contribution is -2.30. The van der Waals surface area contributed by atoms with Crippen LogP contribution in [0, 0.1) is 17.8 Å². The monoisotopic (exact) mass is 835 g/mol. The van der Waals surface area contributed by atoms with E-state index in [0.29, 0.717) is 19.3 Å². The number of unbranched alkanes of at least 4 members (excludes halogenated alkanes) is 29. The predicted octanol–water partition coefficient (Wildman–Crippen LogP) is 16.8. The summed E-state index contributed by atoms with van der Waals surface area (Å²) in [6.07, 6.45) is 43.9. The Balaban J connectivity index is 4.26. The Morgan fingerprint density at radius 1 is 0.288 bits per heavy atom. The summed E-state index contributed by atoms with van der Waals surface area (Å²) in [4.78, 5) is 37.9. The van der Waals surface area contributed by atoms with E-state index in [0.717, 1.165) is 75.5 Å². The van der Waals surface area contributed by atoms with Crippen molar-refractivity contribution in [2.45, 2.75) is 292 Å². The topological polar surface area (TPSA) is 78.9 Å². The zero-order valence-corrected chi connectivity index (χ0v) is 40.5. The molecular formula is C53H102O6. The molecule has 0 heterocycles. The van der Waals surface area contributed by atoms with Gasteiger partial charge in [-0.05, 0) is 37.0 Å². The first kappa shape index (κ1) is 57.4. The lowest BCUT2D eigenvalue weighted by atomic mass is 10.0. The zero-order chi connectivity index (χ0) is 43.4. The number of carbonyl (C=O) groups excluding carboxylic acids is 3. The highest BCUT2D eigenvalue weighted by molar-refractivity contribution is 5.71. The van der Waals surface area contributed by atoms with Gasteiger partial charge < -0.3 is 14.2 Å². The number of carbonyl (C=O) groups is 3. The van der Waals surface area contributed by atoms with E-state index in [-0.39, 0.29) is 31.1 Å². The third kappa shape index (κ3) is 47.3. The molecule has 0 saturated heterocycles. The molecule has 6 nitrogen and oxygen atoms in total. The second-order valence-corrected chi connectivity index (χ2v) is 19.6. The Bertz CT molecular complexity index is 914. The molecule has 59 heavy (non-hydrogen) atoms. The van der Waals surface area contributed by atoms with Gasteiger partial charge in [0.25, 0.3) is 0 Å². The van der Waals surface area contributed by atoms with Crippen molar-refractivity contribution in [3.8, 4) is 0 Å². The Labute approximate surface area is 368 Å². The highest BCUT2D eigenvalue weighted by Gasteiger charge is 2.19. The molecule has 0 aromatic rings. The van der Waals surface area contributed by atoms with Crippen molar-refractivity contribution < 1.29 is 28.6 Å². The summed E-state index contributed by atoms with van der Waals surface area (Å²) in [5.74, 6) is 1.59. The third-order valence-corrected chi connectivity index (χ3v) is 11.9. The Morgan fingerprint density at radius 3 is 0.729 bits per heavy atom. The van der Waals surface area contributed by atoms with E-state index >= 15 is 0 Å². The van der Waals surface area contributed by atoms with Crippen molar-refractivity contribution in [1.82, 2.24) is 0 Å². The molecule has 350 valence electrons. The molecule has 0 fully saturated rings. The molecule has 0 aromatic carbocycles. The average molecular weight is 835 g/mol. The van der Waals surface area contributed by atoms with Crippen LogP contribution >= 0.6 is 0 Å². The van der Waals surface area contributed by atoms with Crippen LogP contribution in [0.2, 0.25) is 0 Å². The molecule has 0 amide bonds. The van der Waals surface area contributed by atoms with Crippen molar-refractivity contribution in [3.05, 3.63) is 0 Å². The van der Waals surface area contributed by atoms with Gasteiger partial charge in [0.15, 0.2) is 6.10 Å². The van der Waals surface area contributed by atoms with Crippen molar-refractivity contribution in [3.63, 3.8) is 0 Å². The Morgan fingerprint density at radius 2 is 0.492 bits per heavy atom. The molecule has 0 aromatic heterocycles. The van der Waals surface area contributed by atoms with Gasteiger partial charge in [-0.15, -0.1) is 0 Å². The normalized spacial score (nSPS) is 12.2. The minimum Gasteiger partial charge on any atom is -0.462 e.